The molecule has 28 heavy (non-hydrogen) atoms. The molecule has 1 aliphatic carbocycles. The first-order valence-corrected chi connectivity index (χ1v) is 10.4. The van der Waals surface area contributed by atoms with E-state index in [4.69, 9.17) is 5.11 Å². The number of allylic oxidation sites excluding steroid dienone is 2. The molecule has 1 fully saturated rings. The molecule has 0 spiro atoms. The topological polar surface area (TPSA) is 98.0 Å². The Balaban J connectivity index is 1.90. The lowest BCUT2D eigenvalue weighted by Gasteiger charge is -2.25. The van der Waals surface area contributed by atoms with Crippen molar-refractivity contribution >= 4 is 5.97 Å². The van der Waals surface area contributed by atoms with Crippen molar-refractivity contribution in [1.29, 1.82) is 0 Å². The zero-order valence-corrected chi connectivity index (χ0v) is 16.7. The Hall–Kier alpha value is -1.85. The molecule has 5 nitrogen and oxygen atoms in total. The van der Waals surface area contributed by atoms with Gasteiger partial charge in [-0.2, -0.15) is 0 Å². The quantitative estimate of drug-likeness (QED) is 0.335. The fourth-order valence-electron chi connectivity index (χ4n) is 4.43. The fourth-order valence-corrected chi connectivity index (χ4v) is 4.43. The summed E-state index contributed by atoms with van der Waals surface area (Å²) >= 11 is 0. The van der Waals surface area contributed by atoms with E-state index in [1.165, 1.54) is 0 Å². The smallest absolute Gasteiger partial charge is 0.303 e. The van der Waals surface area contributed by atoms with Crippen LogP contribution in [-0.4, -0.2) is 38.6 Å². The van der Waals surface area contributed by atoms with Gasteiger partial charge < -0.3 is 20.4 Å². The van der Waals surface area contributed by atoms with Gasteiger partial charge in [0.15, 0.2) is 0 Å². The van der Waals surface area contributed by atoms with Gasteiger partial charge in [-0.1, -0.05) is 31.2 Å². The molecule has 0 radical (unpaired) electrons. The summed E-state index contributed by atoms with van der Waals surface area (Å²) in [7, 11) is 0. The van der Waals surface area contributed by atoms with Crippen molar-refractivity contribution in [3.8, 4) is 5.75 Å². The average Bonchev–Trinajstić information content (AvgIpc) is 2.91. The molecule has 5 atom stereocenters. The first-order valence-electron chi connectivity index (χ1n) is 10.4. The largest absolute Gasteiger partial charge is 0.508 e. The Kier molecular flexibility index (Phi) is 9.00. The Morgan fingerprint density at radius 3 is 2.64 bits per heavy atom. The van der Waals surface area contributed by atoms with Gasteiger partial charge in [0, 0.05) is 6.42 Å². The molecule has 1 aromatic rings. The van der Waals surface area contributed by atoms with Crippen molar-refractivity contribution in [2.24, 2.45) is 11.8 Å². The van der Waals surface area contributed by atoms with Crippen LogP contribution in [0.25, 0.3) is 0 Å². The molecule has 1 aliphatic rings. The molecule has 156 valence electrons. The number of aliphatic carboxylic acids is 1. The SMILES string of the molecule is CC[C@H](CC[C@@H]1[C@@H](C/C=C\CCCC(=O)O)[C@H](O)C[C@H]1O)c1cccc(O)c1. The lowest BCUT2D eigenvalue weighted by atomic mass is 9.82. The second-order valence-electron chi connectivity index (χ2n) is 7.97. The molecule has 0 heterocycles. The second-order valence-corrected chi connectivity index (χ2v) is 7.97. The molecular weight excluding hydrogens is 356 g/mol. The summed E-state index contributed by atoms with van der Waals surface area (Å²) in [4.78, 5) is 10.5. The normalized spacial score (nSPS) is 26.0. The van der Waals surface area contributed by atoms with Gasteiger partial charge in [0.2, 0.25) is 0 Å². The average molecular weight is 391 g/mol. The van der Waals surface area contributed by atoms with Crippen LogP contribution in [0.2, 0.25) is 0 Å². The van der Waals surface area contributed by atoms with Gasteiger partial charge in [-0.3, -0.25) is 4.79 Å². The molecule has 0 aliphatic heterocycles. The van der Waals surface area contributed by atoms with E-state index in [1.54, 1.807) is 6.07 Å². The molecule has 0 saturated heterocycles. The van der Waals surface area contributed by atoms with Crippen molar-refractivity contribution in [3.63, 3.8) is 0 Å². The van der Waals surface area contributed by atoms with Crippen LogP contribution in [0.1, 0.15) is 69.8 Å². The lowest BCUT2D eigenvalue weighted by molar-refractivity contribution is -0.137. The summed E-state index contributed by atoms with van der Waals surface area (Å²) in [6.45, 7) is 2.13. The number of carboxylic acid groups (broad SMARTS) is 1. The summed E-state index contributed by atoms with van der Waals surface area (Å²) in [6, 6.07) is 7.38. The summed E-state index contributed by atoms with van der Waals surface area (Å²) in [5.74, 6) is -0.0834. The number of aliphatic hydroxyl groups excluding tert-OH is 2. The number of hydrogen-bond donors (Lipinski definition) is 4. The Morgan fingerprint density at radius 2 is 1.96 bits per heavy atom. The Labute approximate surface area is 167 Å². The predicted molar refractivity (Wildman–Crippen MR) is 109 cm³/mol. The van der Waals surface area contributed by atoms with E-state index in [0.717, 1.165) is 31.2 Å². The third-order valence-corrected chi connectivity index (χ3v) is 6.04. The van der Waals surface area contributed by atoms with Crippen LogP contribution >= 0.6 is 0 Å². The molecule has 0 unspecified atom stereocenters. The highest BCUT2D eigenvalue weighted by atomic mass is 16.4. The number of carbonyl (C=O) groups is 1. The van der Waals surface area contributed by atoms with Gasteiger partial charge in [-0.05, 0) is 80.4 Å². The van der Waals surface area contributed by atoms with Crippen molar-refractivity contribution < 1.29 is 25.2 Å². The van der Waals surface area contributed by atoms with E-state index in [9.17, 15) is 20.1 Å². The maximum atomic E-state index is 10.5. The van der Waals surface area contributed by atoms with Crippen LogP contribution in [0.5, 0.6) is 5.75 Å². The minimum absolute atomic E-state index is 0.0346. The van der Waals surface area contributed by atoms with Gasteiger partial charge in [0.1, 0.15) is 5.75 Å². The standard InChI is InChI=1S/C23H34O5/c1-2-16(17-8-7-9-18(24)14-17)12-13-20-19(21(25)15-22(20)26)10-5-3-4-6-11-23(27)28/h3,5,7-9,14,16,19-22,24-26H,2,4,6,10-13,15H2,1H3,(H,27,28)/b5-3-/t16-,19-,20-,21-,22-/m1/s1. The lowest BCUT2D eigenvalue weighted by Crippen LogP contribution is -2.22. The number of aromatic hydroxyl groups is 1. The van der Waals surface area contributed by atoms with Gasteiger partial charge in [-0.25, -0.2) is 0 Å². The predicted octanol–water partition coefficient (Wildman–Crippen LogP) is 4.23. The van der Waals surface area contributed by atoms with Crippen LogP contribution in [0, 0.1) is 11.8 Å². The fraction of sp³-hybridized carbons (Fsp3) is 0.609. The minimum Gasteiger partial charge on any atom is -0.508 e. The second kappa shape index (κ2) is 11.2. The van der Waals surface area contributed by atoms with Crippen molar-refractivity contribution in [2.75, 3.05) is 0 Å². The molecular formula is C23H34O5. The summed E-state index contributed by atoms with van der Waals surface area (Å²) in [5.41, 5.74) is 1.12. The highest BCUT2D eigenvalue weighted by Crippen LogP contribution is 2.40. The molecule has 2 rings (SSSR count). The van der Waals surface area contributed by atoms with E-state index >= 15 is 0 Å². The third kappa shape index (κ3) is 6.64. The molecule has 0 amide bonds. The van der Waals surface area contributed by atoms with Gasteiger partial charge in [0.25, 0.3) is 0 Å². The van der Waals surface area contributed by atoms with Crippen LogP contribution in [0.15, 0.2) is 36.4 Å². The Morgan fingerprint density at radius 1 is 1.21 bits per heavy atom. The van der Waals surface area contributed by atoms with Crippen LogP contribution in [0.3, 0.4) is 0 Å². The highest BCUT2D eigenvalue weighted by Gasteiger charge is 2.40. The zero-order chi connectivity index (χ0) is 20.5. The number of phenolic OH excluding ortho intramolecular Hbond substituents is 1. The van der Waals surface area contributed by atoms with Crippen LogP contribution < -0.4 is 0 Å². The van der Waals surface area contributed by atoms with E-state index in [2.05, 4.69) is 6.92 Å². The highest BCUT2D eigenvalue weighted by molar-refractivity contribution is 5.66. The number of benzene rings is 1. The van der Waals surface area contributed by atoms with E-state index in [-0.39, 0.29) is 24.0 Å². The first-order chi connectivity index (χ1) is 13.4. The minimum atomic E-state index is -0.778. The molecule has 4 N–H and O–H groups in total. The number of phenols is 1. The molecule has 5 heteroatoms. The Bertz CT molecular complexity index is 642. The van der Waals surface area contributed by atoms with E-state index in [0.29, 0.717) is 25.2 Å². The maximum Gasteiger partial charge on any atom is 0.303 e. The van der Waals surface area contributed by atoms with Crippen LogP contribution in [0.4, 0.5) is 0 Å². The summed E-state index contributed by atoms with van der Waals surface area (Å²) in [6.07, 6.45) is 8.37. The number of unbranched alkanes of at least 4 members (excludes halogenated alkanes) is 1. The maximum absolute atomic E-state index is 10.5. The number of carboxylic acids is 1. The number of rotatable bonds is 11. The van der Waals surface area contributed by atoms with E-state index < -0.39 is 18.2 Å². The zero-order valence-electron chi connectivity index (χ0n) is 16.7. The number of hydrogen-bond acceptors (Lipinski definition) is 4. The van der Waals surface area contributed by atoms with Crippen molar-refractivity contribution in [2.45, 2.75) is 76.4 Å². The van der Waals surface area contributed by atoms with Crippen LogP contribution in [-0.2, 0) is 4.79 Å². The van der Waals surface area contributed by atoms with Gasteiger partial charge >= 0.3 is 5.97 Å². The summed E-state index contributed by atoms with van der Waals surface area (Å²) in [5, 5.41) is 39.2. The molecule has 0 bridgehead atoms. The van der Waals surface area contributed by atoms with Gasteiger partial charge in [-0.15, -0.1) is 0 Å². The van der Waals surface area contributed by atoms with Gasteiger partial charge in [0.05, 0.1) is 12.2 Å². The van der Waals surface area contributed by atoms with E-state index in [1.807, 2.05) is 30.4 Å². The molecule has 0 aromatic heterocycles. The molecule has 1 aromatic carbocycles. The monoisotopic (exact) mass is 390 g/mol. The van der Waals surface area contributed by atoms with Crippen molar-refractivity contribution in [3.05, 3.63) is 42.0 Å². The van der Waals surface area contributed by atoms with Crippen molar-refractivity contribution in [1.82, 2.24) is 0 Å². The first kappa shape index (κ1) is 22.4. The molecule has 1 saturated carbocycles. The summed E-state index contributed by atoms with van der Waals surface area (Å²) < 4.78 is 0. The third-order valence-electron chi connectivity index (χ3n) is 6.04. The number of aliphatic hydroxyl groups is 2.